The highest BCUT2D eigenvalue weighted by atomic mass is 32.1. The first-order valence-electron chi connectivity index (χ1n) is 6.04. The number of hydrogen-bond acceptors (Lipinski definition) is 4. The number of carbonyl (C=O) groups is 2. The highest BCUT2D eigenvalue weighted by molar-refractivity contribution is 7.08. The Morgan fingerprint density at radius 1 is 1.06 bits per heavy atom. The number of carbonyl (C=O) groups excluding carboxylic acids is 1. The summed E-state index contributed by atoms with van der Waals surface area (Å²) >= 11 is 1.16. The van der Waals surface area contributed by atoms with E-state index in [0.29, 0.717) is 0 Å². The molecule has 2 saturated carbocycles. The van der Waals surface area contributed by atoms with E-state index in [2.05, 4.69) is 4.74 Å². The molecule has 3 rings (SSSR count). The van der Waals surface area contributed by atoms with Crippen molar-refractivity contribution in [3.8, 4) is 0 Å². The quantitative estimate of drug-likeness (QED) is 0.834. The molecule has 1 N–H and O–H groups in total. The molecule has 0 saturated heterocycles. The molecule has 0 unspecified atom stereocenters. The first-order chi connectivity index (χ1) is 8.66. The topological polar surface area (TPSA) is 63.6 Å². The van der Waals surface area contributed by atoms with Crippen molar-refractivity contribution in [1.29, 1.82) is 0 Å². The van der Waals surface area contributed by atoms with E-state index in [0.717, 1.165) is 11.3 Å². The maximum absolute atomic E-state index is 10.9. The molecule has 0 amide bonds. The molecule has 18 heavy (non-hydrogen) atoms. The summed E-state index contributed by atoms with van der Waals surface area (Å²) in [6.07, 6.45) is 9.00. The molecule has 1 heterocycles. The van der Waals surface area contributed by atoms with Crippen LogP contribution < -0.4 is 0 Å². The Morgan fingerprint density at radius 3 is 1.83 bits per heavy atom. The van der Waals surface area contributed by atoms with E-state index < -0.39 is 11.9 Å². The maximum atomic E-state index is 10.9. The Morgan fingerprint density at radius 2 is 1.50 bits per heavy atom. The van der Waals surface area contributed by atoms with E-state index in [-0.39, 0.29) is 11.1 Å². The monoisotopic (exact) mass is 270 g/mol. The Kier molecular flexibility index (Phi) is 6.43. The highest BCUT2D eigenvalue weighted by Gasteiger charge is 2.17. The van der Waals surface area contributed by atoms with E-state index in [4.69, 9.17) is 5.11 Å². The Balaban J connectivity index is 0.000000216. The fourth-order valence-electron chi connectivity index (χ4n) is 0.731. The second kappa shape index (κ2) is 7.87. The Labute approximate surface area is 111 Å². The lowest BCUT2D eigenvalue weighted by Crippen LogP contribution is -2.06. The summed E-state index contributed by atoms with van der Waals surface area (Å²) in [6, 6.07) is 0. The first-order valence-corrected chi connectivity index (χ1v) is 6.99. The average Bonchev–Trinajstić information content (AvgIpc) is 3.22. The fourth-order valence-corrected chi connectivity index (χ4v) is 1.52. The van der Waals surface area contributed by atoms with Gasteiger partial charge in [0.2, 0.25) is 0 Å². The third kappa shape index (κ3) is 6.39. The lowest BCUT2D eigenvalue weighted by atomic mass is 10.2. The van der Waals surface area contributed by atoms with Gasteiger partial charge in [-0.3, -0.25) is 0 Å². The lowest BCUT2D eigenvalue weighted by Gasteiger charge is -1.96. The summed E-state index contributed by atoms with van der Waals surface area (Å²) in [6.45, 7) is 0. The molecule has 0 spiro atoms. The number of rotatable bonds is 2. The molecule has 2 aliphatic carbocycles. The van der Waals surface area contributed by atoms with E-state index in [1.165, 1.54) is 56.4 Å². The molecule has 1 aromatic rings. The predicted octanol–water partition coefficient (Wildman–Crippen LogP) is 3.57. The smallest absolute Gasteiger partial charge is 0.339 e. The average molecular weight is 270 g/mol. The Hall–Kier alpha value is -1.36. The van der Waals surface area contributed by atoms with Crippen LogP contribution in [-0.2, 0) is 4.74 Å². The van der Waals surface area contributed by atoms with Crippen molar-refractivity contribution < 1.29 is 19.4 Å². The molecule has 0 bridgehead atoms. The second-order valence-electron chi connectivity index (χ2n) is 4.12. The third-order valence-corrected chi connectivity index (χ3v) is 2.75. The summed E-state index contributed by atoms with van der Waals surface area (Å²) in [5.41, 5.74) is 0.0989. The van der Waals surface area contributed by atoms with Gasteiger partial charge in [-0.15, -0.1) is 0 Å². The van der Waals surface area contributed by atoms with Crippen LogP contribution in [0.2, 0.25) is 0 Å². The van der Waals surface area contributed by atoms with Crippen molar-refractivity contribution >= 4 is 23.3 Å². The molecular formula is C13H18O4S. The van der Waals surface area contributed by atoms with Crippen LogP contribution in [0.4, 0.5) is 0 Å². The van der Waals surface area contributed by atoms with Crippen molar-refractivity contribution in [2.24, 2.45) is 0 Å². The predicted molar refractivity (Wildman–Crippen MR) is 70.3 cm³/mol. The van der Waals surface area contributed by atoms with Gasteiger partial charge in [-0.25, -0.2) is 9.59 Å². The van der Waals surface area contributed by atoms with Gasteiger partial charge < -0.3 is 9.84 Å². The number of carboxylic acid groups (broad SMARTS) is 1. The van der Waals surface area contributed by atoms with Crippen LogP contribution in [0.15, 0.2) is 10.8 Å². The van der Waals surface area contributed by atoms with Gasteiger partial charge in [-0.05, 0) is 0 Å². The van der Waals surface area contributed by atoms with Crippen LogP contribution >= 0.6 is 11.3 Å². The molecule has 5 heteroatoms. The van der Waals surface area contributed by atoms with Crippen molar-refractivity contribution in [1.82, 2.24) is 0 Å². The molecule has 1 aromatic heterocycles. The number of esters is 1. The van der Waals surface area contributed by atoms with E-state index >= 15 is 0 Å². The van der Waals surface area contributed by atoms with E-state index in [9.17, 15) is 9.59 Å². The molecule has 0 atom stereocenters. The molecule has 2 aliphatic rings. The van der Waals surface area contributed by atoms with Crippen LogP contribution in [0, 0.1) is 0 Å². The van der Waals surface area contributed by atoms with Crippen molar-refractivity contribution in [3.63, 3.8) is 0 Å². The molecule has 0 aromatic carbocycles. The number of ether oxygens (including phenoxy) is 1. The Bertz CT molecular complexity index is 382. The van der Waals surface area contributed by atoms with Crippen molar-refractivity contribution in [2.45, 2.75) is 38.5 Å². The summed E-state index contributed by atoms with van der Waals surface area (Å²) in [7, 11) is 1.21. The largest absolute Gasteiger partial charge is 0.478 e. The minimum atomic E-state index is -1.11. The standard InChI is InChI=1S/C7H6O4S.2C3H6/c1-11-7(10)5-3-12-2-4(5)6(8)9;2*1-2-3-1/h2-3H,1H3,(H,8,9);2*1-3H2. The lowest BCUT2D eigenvalue weighted by molar-refractivity contribution is 0.0584. The van der Waals surface area contributed by atoms with Gasteiger partial charge in [0, 0.05) is 10.8 Å². The minimum absolute atomic E-state index is 0.00755. The molecule has 100 valence electrons. The van der Waals surface area contributed by atoms with Gasteiger partial charge in [0.05, 0.1) is 18.2 Å². The zero-order chi connectivity index (χ0) is 13.4. The van der Waals surface area contributed by atoms with Crippen molar-refractivity contribution in [3.05, 3.63) is 21.9 Å². The number of aromatic carboxylic acids is 1. The summed E-state index contributed by atoms with van der Waals surface area (Å²) in [5.74, 6) is -1.73. The van der Waals surface area contributed by atoms with Gasteiger partial charge in [0.15, 0.2) is 0 Å². The number of thiophene rings is 1. The van der Waals surface area contributed by atoms with Crippen LogP contribution in [0.3, 0.4) is 0 Å². The maximum Gasteiger partial charge on any atom is 0.339 e. The number of carboxylic acids is 1. The molecule has 0 aliphatic heterocycles. The van der Waals surface area contributed by atoms with Crippen LogP contribution in [0.5, 0.6) is 0 Å². The van der Waals surface area contributed by atoms with Crippen molar-refractivity contribution in [2.75, 3.05) is 7.11 Å². The van der Waals surface area contributed by atoms with Gasteiger partial charge in [0.25, 0.3) is 0 Å². The summed E-state index contributed by atoms with van der Waals surface area (Å²) < 4.78 is 4.39. The number of hydrogen-bond donors (Lipinski definition) is 1. The SMILES string of the molecule is C1CC1.C1CC1.COC(=O)c1cscc1C(=O)O. The fraction of sp³-hybridized carbons (Fsp3) is 0.538. The third-order valence-electron chi connectivity index (χ3n) is 2.00. The van der Waals surface area contributed by atoms with E-state index in [1.807, 2.05) is 0 Å². The first kappa shape index (κ1) is 14.7. The molecule has 4 nitrogen and oxygen atoms in total. The second-order valence-corrected chi connectivity index (χ2v) is 4.86. The zero-order valence-corrected chi connectivity index (χ0v) is 11.3. The van der Waals surface area contributed by atoms with Gasteiger partial charge >= 0.3 is 11.9 Å². The van der Waals surface area contributed by atoms with Gasteiger partial charge in [-0.2, -0.15) is 11.3 Å². The highest BCUT2D eigenvalue weighted by Crippen LogP contribution is 2.16. The normalized spacial score (nSPS) is 14.3. The van der Waals surface area contributed by atoms with Crippen LogP contribution in [0.25, 0.3) is 0 Å². The molecule has 0 radical (unpaired) electrons. The zero-order valence-electron chi connectivity index (χ0n) is 10.5. The number of methoxy groups -OCH3 is 1. The van der Waals surface area contributed by atoms with Gasteiger partial charge in [0.1, 0.15) is 0 Å². The summed E-state index contributed by atoms with van der Waals surface area (Å²) in [4.78, 5) is 21.4. The minimum Gasteiger partial charge on any atom is -0.478 e. The molecule has 2 fully saturated rings. The van der Waals surface area contributed by atoms with Crippen LogP contribution in [-0.4, -0.2) is 24.2 Å². The summed E-state index contributed by atoms with van der Waals surface area (Å²) in [5, 5.41) is 11.4. The van der Waals surface area contributed by atoms with Gasteiger partial charge in [-0.1, -0.05) is 38.5 Å². The van der Waals surface area contributed by atoms with Crippen LogP contribution in [0.1, 0.15) is 59.2 Å². The molecular weight excluding hydrogens is 252 g/mol. The van der Waals surface area contributed by atoms with E-state index in [1.54, 1.807) is 0 Å².